The van der Waals surface area contributed by atoms with E-state index in [1.165, 1.54) is 0 Å². The van der Waals surface area contributed by atoms with Gasteiger partial charge < -0.3 is 14.7 Å². The number of likely N-dealkylation sites (N-methyl/N-ethyl adjacent to an activating group) is 2. The van der Waals surface area contributed by atoms with Crippen molar-refractivity contribution in [3.05, 3.63) is 0 Å². The van der Waals surface area contributed by atoms with Crippen LogP contribution in [0.3, 0.4) is 0 Å². The molecule has 1 aliphatic heterocycles. The fourth-order valence-electron chi connectivity index (χ4n) is 2.09. The lowest BCUT2D eigenvalue weighted by molar-refractivity contribution is 0.00704. The highest BCUT2D eigenvalue weighted by atomic mass is 16.5. The molecule has 1 saturated heterocycles. The molecule has 1 heterocycles. The summed E-state index contributed by atoms with van der Waals surface area (Å²) in [5.41, 5.74) is 0. The number of methoxy groups -OCH3 is 1. The van der Waals surface area contributed by atoms with E-state index in [0.29, 0.717) is 0 Å². The first kappa shape index (κ1) is 12.9. The molecule has 0 radical (unpaired) electrons. The van der Waals surface area contributed by atoms with E-state index in [1.54, 1.807) is 7.11 Å². The summed E-state index contributed by atoms with van der Waals surface area (Å²) in [5.74, 6) is 0. The first-order valence-corrected chi connectivity index (χ1v) is 5.71. The van der Waals surface area contributed by atoms with Crippen molar-refractivity contribution in [2.75, 3.05) is 47.4 Å². The van der Waals surface area contributed by atoms with Gasteiger partial charge in [-0.2, -0.15) is 0 Å². The van der Waals surface area contributed by atoms with Crippen molar-refractivity contribution in [2.24, 2.45) is 0 Å². The molecule has 0 bridgehead atoms. The third kappa shape index (κ3) is 4.07. The largest absolute Gasteiger partial charge is 0.391 e. The van der Waals surface area contributed by atoms with Crippen molar-refractivity contribution < 1.29 is 9.84 Å². The lowest BCUT2D eigenvalue weighted by Gasteiger charge is -2.40. The van der Waals surface area contributed by atoms with Gasteiger partial charge in [-0.25, -0.2) is 0 Å². The van der Waals surface area contributed by atoms with Crippen LogP contribution in [0.25, 0.3) is 0 Å². The molecular weight excluding hydrogens is 192 g/mol. The molecule has 0 saturated carbocycles. The van der Waals surface area contributed by atoms with Gasteiger partial charge in [0.1, 0.15) is 0 Å². The summed E-state index contributed by atoms with van der Waals surface area (Å²) < 4.78 is 4.99. The minimum atomic E-state index is -0.229. The average molecular weight is 216 g/mol. The SMILES string of the molecule is COCCCC(O)C1CN(C)CCN1C. The maximum Gasteiger partial charge on any atom is 0.0708 e. The number of hydrogen-bond acceptors (Lipinski definition) is 4. The number of nitrogens with zero attached hydrogens (tertiary/aromatic N) is 2. The highest BCUT2D eigenvalue weighted by Gasteiger charge is 2.27. The van der Waals surface area contributed by atoms with Crippen LogP contribution < -0.4 is 0 Å². The van der Waals surface area contributed by atoms with Crippen LogP contribution in [0, 0.1) is 0 Å². The van der Waals surface area contributed by atoms with Crippen LogP contribution in [0.5, 0.6) is 0 Å². The third-order valence-electron chi connectivity index (χ3n) is 3.19. The van der Waals surface area contributed by atoms with Gasteiger partial charge in [0.2, 0.25) is 0 Å². The Morgan fingerprint density at radius 1 is 1.40 bits per heavy atom. The van der Waals surface area contributed by atoms with E-state index in [1.807, 2.05) is 0 Å². The van der Waals surface area contributed by atoms with Crippen LogP contribution >= 0.6 is 0 Å². The van der Waals surface area contributed by atoms with E-state index in [-0.39, 0.29) is 12.1 Å². The molecule has 1 aliphatic rings. The average Bonchev–Trinajstić information content (AvgIpc) is 2.22. The van der Waals surface area contributed by atoms with Crippen LogP contribution in [0.4, 0.5) is 0 Å². The molecule has 15 heavy (non-hydrogen) atoms. The lowest BCUT2D eigenvalue weighted by atomic mass is 10.0. The highest BCUT2D eigenvalue weighted by molar-refractivity contribution is 4.84. The van der Waals surface area contributed by atoms with Gasteiger partial charge >= 0.3 is 0 Å². The van der Waals surface area contributed by atoms with Gasteiger partial charge in [0.15, 0.2) is 0 Å². The zero-order valence-electron chi connectivity index (χ0n) is 10.1. The molecule has 0 aliphatic carbocycles. The number of piperazine rings is 1. The highest BCUT2D eigenvalue weighted by Crippen LogP contribution is 2.13. The lowest BCUT2D eigenvalue weighted by Crippen LogP contribution is -2.55. The third-order valence-corrected chi connectivity index (χ3v) is 3.19. The molecule has 0 aromatic rings. The Labute approximate surface area is 92.8 Å². The van der Waals surface area contributed by atoms with Gasteiger partial charge in [0.25, 0.3) is 0 Å². The molecule has 4 heteroatoms. The smallest absolute Gasteiger partial charge is 0.0708 e. The number of aliphatic hydroxyl groups is 1. The zero-order valence-corrected chi connectivity index (χ0v) is 10.1. The van der Waals surface area contributed by atoms with E-state index < -0.39 is 0 Å². The van der Waals surface area contributed by atoms with Gasteiger partial charge in [-0.15, -0.1) is 0 Å². The van der Waals surface area contributed by atoms with Crippen molar-refractivity contribution in [1.82, 2.24) is 9.80 Å². The van der Waals surface area contributed by atoms with E-state index in [9.17, 15) is 5.11 Å². The minimum absolute atomic E-state index is 0.229. The van der Waals surface area contributed by atoms with Gasteiger partial charge in [-0.1, -0.05) is 0 Å². The summed E-state index contributed by atoms with van der Waals surface area (Å²) in [6.07, 6.45) is 1.54. The topological polar surface area (TPSA) is 35.9 Å². The molecule has 1 fully saturated rings. The number of hydrogen-bond donors (Lipinski definition) is 1. The maximum atomic E-state index is 10.1. The monoisotopic (exact) mass is 216 g/mol. The van der Waals surface area contributed by atoms with Crippen LogP contribution in [0.2, 0.25) is 0 Å². The predicted molar refractivity (Wildman–Crippen MR) is 61.0 cm³/mol. The summed E-state index contributed by atoms with van der Waals surface area (Å²) >= 11 is 0. The Hall–Kier alpha value is -0.160. The number of rotatable bonds is 5. The van der Waals surface area contributed by atoms with Gasteiger partial charge in [0, 0.05) is 39.4 Å². The van der Waals surface area contributed by atoms with Gasteiger partial charge in [-0.05, 0) is 26.9 Å². The van der Waals surface area contributed by atoms with Crippen LogP contribution in [0.1, 0.15) is 12.8 Å². The molecule has 0 amide bonds. The summed E-state index contributed by atoms with van der Waals surface area (Å²) in [4.78, 5) is 4.54. The molecule has 4 nitrogen and oxygen atoms in total. The maximum absolute atomic E-state index is 10.1. The Kier molecular flexibility index (Phi) is 5.53. The summed E-state index contributed by atoms with van der Waals surface area (Å²) in [6, 6.07) is 0.278. The van der Waals surface area contributed by atoms with Gasteiger partial charge in [0.05, 0.1) is 6.10 Å². The molecule has 2 unspecified atom stereocenters. The molecular formula is C11H24N2O2. The van der Waals surface area contributed by atoms with E-state index >= 15 is 0 Å². The first-order chi connectivity index (χ1) is 7.15. The van der Waals surface area contributed by atoms with Crippen LogP contribution in [-0.2, 0) is 4.74 Å². The summed E-state index contributed by atoms with van der Waals surface area (Å²) in [5, 5.41) is 10.1. The Morgan fingerprint density at radius 2 is 2.13 bits per heavy atom. The summed E-state index contributed by atoms with van der Waals surface area (Å²) in [7, 11) is 5.91. The van der Waals surface area contributed by atoms with Crippen LogP contribution in [0.15, 0.2) is 0 Å². The second kappa shape index (κ2) is 6.43. The first-order valence-electron chi connectivity index (χ1n) is 5.71. The molecule has 90 valence electrons. The van der Waals surface area contributed by atoms with Crippen molar-refractivity contribution in [1.29, 1.82) is 0 Å². The van der Waals surface area contributed by atoms with Crippen LogP contribution in [-0.4, -0.2) is 74.5 Å². The Bertz CT molecular complexity index is 178. The second-order valence-corrected chi connectivity index (χ2v) is 4.51. The Balaban J connectivity index is 2.32. The molecule has 0 aromatic carbocycles. The van der Waals surface area contributed by atoms with Crippen molar-refractivity contribution in [2.45, 2.75) is 25.0 Å². The standard InChI is InChI=1S/C11H24N2O2/c1-12-6-7-13(2)10(9-12)11(14)5-4-8-15-3/h10-11,14H,4-9H2,1-3H3. The number of aliphatic hydroxyl groups excluding tert-OH is 1. The molecule has 2 atom stereocenters. The van der Waals surface area contributed by atoms with Gasteiger partial charge in [-0.3, -0.25) is 4.90 Å². The van der Waals surface area contributed by atoms with E-state index in [4.69, 9.17) is 4.74 Å². The second-order valence-electron chi connectivity index (χ2n) is 4.51. The predicted octanol–water partition coefficient (Wildman–Crippen LogP) is 0.0197. The normalized spacial score (nSPS) is 26.8. The minimum Gasteiger partial charge on any atom is -0.391 e. The molecule has 1 N–H and O–H groups in total. The Morgan fingerprint density at radius 3 is 2.80 bits per heavy atom. The number of ether oxygens (including phenoxy) is 1. The fourth-order valence-corrected chi connectivity index (χ4v) is 2.09. The summed E-state index contributed by atoms with van der Waals surface area (Å²) in [6.45, 7) is 3.84. The van der Waals surface area contributed by atoms with Crippen molar-refractivity contribution in [3.8, 4) is 0 Å². The fraction of sp³-hybridized carbons (Fsp3) is 1.00. The van der Waals surface area contributed by atoms with Crippen molar-refractivity contribution in [3.63, 3.8) is 0 Å². The molecule has 1 rings (SSSR count). The molecule has 0 spiro atoms. The quantitative estimate of drug-likeness (QED) is 0.657. The molecule has 0 aromatic heterocycles. The van der Waals surface area contributed by atoms with E-state index in [0.717, 1.165) is 39.1 Å². The van der Waals surface area contributed by atoms with Crippen molar-refractivity contribution >= 4 is 0 Å². The van der Waals surface area contributed by atoms with E-state index in [2.05, 4.69) is 23.9 Å². The zero-order chi connectivity index (χ0) is 11.3.